The fourth-order valence-corrected chi connectivity index (χ4v) is 5.55. The number of thioether (sulfide) groups is 1. The van der Waals surface area contributed by atoms with E-state index in [2.05, 4.69) is 16.9 Å². The number of aliphatic imine (C=N–C) groups is 1. The van der Waals surface area contributed by atoms with Crippen molar-refractivity contribution in [1.82, 2.24) is 10.2 Å². The van der Waals surface area contributed by atoms with E-state index >= 15 is 0 Å². The molecule has 3 aliphatic rings. The summed E-state index contributed by atoms with van der Waals surface area (Å²) < 4.78 is 32.9. The number of alkyl halides is 2. The molecule has 34 heavy (non-hydrogen) atoms. The molecule has 9 heteroatoms. The minimum atomic E-state index is -2.93. The summed E-state index contributed by atoms with van der Waals surface area (Å²) in [6.45, 7) is 6.17. The highest BCUT2D eigenvalue weighted by Crippen LogP contribution is 2.49. The SMILES string of the molecule is C=C(/C=C\OC)C(=O)N(CCCC1(C)SC(=N[C@H]2CC(F)(F)c3ccccc32)NC1=O)C1CC1. The molecular weight excluding hydrogens is 460 g/mol. The average Bonchev–Trinajstić information content (AvgIpc) is 3.55. The quantitative estimate of drug-likeness (QED) is 0.310. The number of rotatable bonds is 9. The van der Waals surface area contributed by atoms with E-state index in [9.17, 15) is 18.4 Å². The predicted molar refractivity (Wildman–Crippen MR) is 129 cm³/mol. The number of amides is 2. The molecule has 0 bridgehead atoms. The number of carbonyl (C=O) groups is 2. The summed E-state index contributed by atoms with van der Waals surface area (Å²) in [6, 6.07) is 5.96. The number of fused-ring (bicyclic) bond motifs is 1. The fraction of sp³-hybridized carbons (Fsp3) is 0.480. The lowest BCUT2D eigenvalue weighted by atomic mass is 10.0. The van der Waals surface area contributed by atoms with Crippen LogP contribution >= 0.6 is 11.8 Å². The maximum absolute atomic E-state index is 14.4. The minimum absolute atomic E-state index is 0.00759. The third-order valence-electron chi connectivity index (χ3n) is 6.44. The van der Waals surface area contributed by atoms with Gasteiger partial charge in [-0.25, -0.2) is 8.78 Å². The number of ether oxygens (including phenoxy) is 1. The number of methoxy groups -OCH3 is 1. The number of halogens is 2. The summed E-state index contributed by atoms with van der Waals surface area (Å²) >= 11 is 1.28. The van der Waals surface area contributed by atoms with Crippen LogP contribution in [0.2, 0.25) is 0 Å². The third-order valence-corrected chi connectivity index (χ3v) is 7.68. The van der Waals surface area contributed by atoms with Crippen molar-refractivity contribution < 1.29 is 23.1 Å². The number of carbonyl (C=O) groups excluding carboxylic acids is 2. The standard InChI is InChI=1S/C25H29F2N3O3S/c1-16(11-14-33-3)21(31)30(17-9-10-17)13-6-12-24(2)22(32)29-23(34-24)28-20-15-25(26,27)19-8-5-4-7-18(19)20/h4-5,7-8,11,14,17,20H,1,6,9-10,12-13,15H2,2-3H3,(H,28,29,32)/b14-11-/t20-,24?/m0/s1. The maximum atomic E-state index is 14.4. The van der Waals surface area contributed by atoms with Crippen LogP contribution < -0.4 is 5.32 Å². The Morgan fingerprint density at radius 1 is 1.38 bits per heavy atom. The summed E-state index contributed by atoms with van der Waals surface area (Å²) in [7, 11) is 1.51. The molecule has 0 spiro atoms. The Labute approximate surface area is 202 Å². The van der Waals surface area contributed by atoms with Crippen molar-refractivity contribution in [3.8, 4) is 0 Å². The summed E-state index contributed by atoms with van der Waals surface area (Å²) in [4.78, 5) is 31.8. The molecule has 2 atom stereocenters. The molecule has 6 nitrogen and oxygen atoms in total. The molecule has 1 aliphatic heterocycles. The molecule has 1 saturated heterocycles. The van der Waals surface area contributed by atoms with Crippen LogP contribution in [0.1, 0.15) is 56.2 Å². The topological polar surface area (TPSA) is 71.0 Å². The Hall–Kier alpha value is -2.68. The Kier molecular flexibility index (Phi) is 6.85. The highest BCUT2D eigenvalue weighted by Gasteiger charge is 2.47. The van der Waals surface area contributed by atoms with E-state index in [-0.39, 0.29) is 23.4 Å². The van der Waals surface area contributed by atoms with E-state index in [1.807, 2.05) is 11.8 Å². The zero-order valence-electron chi connectivity index (χ0n) is 19.4. The van der Waals surface area contributed by atoms with Gasteiger partial charge in [-0.3, -0.25) is 14.6 Å². The summed E-state index contributed by atoms with van der Waals surface area (Å²) in [5, 5.41) is 3.15. The second-order valence-electron chi connectivity index (χ2n) is 9.13. The van der Waals surface area contributed by atoms with Crippen molar-refractivity contribution in [3.05, 3.63) is 59.9 Å². The number of nitrogens with one attached hydrogen (secondary N) is 1. The molecule has 4 rings (SSSR count). The van der Waals surface area contributed by atoms with Gasteiger partial charge in [-0.1, -0.05) is 42.6 Å². The van der Waals surface area contributed by atoms with Crippen LogP contribution in [-0.4, -0.2) is 46.3 Å². The first kappa shape index (κ1) is 24.4. The van der Waals surface area contributed by atoms with E-state index in [0.29, 0.717) is 35.7 Å². The van der Waals surface area contributed by atoms with E-state index in [0.717, 1.165) is 12.8 Å². The van der Waals surface area contributed by atoms with Gasteiger partial charge in [-0.2, -0.15) is 0 Å². The Balaban J connectivity index is 1.38. The van der Waals surface area contributed by atoms with Crippen LogP contribution in [0, 0.1) is 0 Å². The van der Waals surface area contributed by atoms with Gasteiger partial charge in [0.2, 0.25) is 5.91 Å². The lowest BCUT2D eigenvalue weighted by molar-refractivity contribution is -0.127. The zero-order valence-corrected chi connectivity index (χ0v) is 20.2. The highest BCUT2D eigenvalue weighted by atomic mass is 32.2. The van der Waals surface area contributed by atoms with Crippen molar-refractivity contribution in [3.63, 3.8) is 0 Å². The molecule has 182 valence electrons. The Morgan fingerprint density at radius 3 is 2.82 bits per heavy atom. The molecule has 1 heterocycles. The second-order valence-corrected chi connectivity index (χ2v) is 10.6. The van der Waals surface area contributed by atoms with Gasteiger partial charge in [-0.05, 0) is 44.2 Å². The largest absolute Gasteiger partial charge is 0.504 e. The first-order valence-corrected chi connectivity index (χ1v) is 12.2. The van der Waals surface area contributed by atoms with E-state index in [4.69, 9.17) is 4.74 Å². The smallest absolute Gasteiger partial charge is 0.275 e. The third kappa shape index (κ3) is 5.04. The van der Waals surface area contributed by atoms with Crippen LogP contribution in [0.15, 0.2) is 53.7 Å². The van der Waals surface area contributed by atoms with E-state index < -0.39 is 23.1 Å². The number of hydrogen-bond acceptors (Lipinski definition) is 5. The summed E-state index contributed by atoms with van der Waals surface area (Å²) in [6.07, 6.45) is 5.64. The van der Waals surface area contributed by atoms with Crippen molar-refractivity contribution in [2.75, 3.05) is 13.7 Å². The first-order chi connectivity index (χ1) is 16.1. The van der Waals surface area contributed by atoms with E-state index in [1.54, 1.807) is 24.3 Å². The molecule has 1 aromatic carbocycles. The van der Waals surface area contributed by atoms with Gasteiger partial charge in [0.15, 0.2) is 5.17 Å². The molecule has 2 amide bonds. The van der Waals surface area contributed by atoms with Crippen LogP contribution in [0.3, 0.4) is 0 Å². The Morgan fingerprint density at radius 2 is 2.12 bits per heavy atom. The van der Waals surface area contributed by atoms with Gasteiger partial charge in [0, 0.05) is 30.1 Å². The molecule has 1 N–H and O–H groups in total. The van der Waals surface area contributed by atoms with Gasteiger partial charge in [0.1, 0.15) is 0 Å². The molecule has 1 aromatic rings. The van der Waals surface area contributed by atoms with Crippen molar-refractivity contribution >= 4 is 28.7 Å². The van der Waals surface area contributed by atoms with Gasteiger partial charge in [0.25, 0.3) is 11.8 Å². The lowest BCUT2D eigenvalue weighted by Gasteiger charge is -2.25. The molecule has 0 radical (unpaired) electrons. The van der Waals surface area contributed by atoms with Crippen LogP contribution in [0.25, 0.3) is 0 Å². The second kappa shape index (κ2) is 9.52. The zero-order chi connectivity index (χ0) is 24.5. The first-order valence-electron chi connectivity index (χ1n) is 11.4. The maximum Gasteiger partial charge on any atom is 0.275 e. The molecule has 1 unspecified atom stereocenters. The summed E-state index contributed by atoms with van der Waals surface area (Å²) in [5.41, 5.74) is 0.869. The minimum Gasteiger partial charge on any atom is -0.504 e. The van der Waals surface area contributed by atoms with Crippen molar-refractivity contribution in [2.45, 2.75) is 61.8 Å². The van der Waals surface area contributed by atoms with Gasteiger partial charge >= 0.3 is 0 Å². The molecule has 2 fully saturated rings. The number of benzene rings is 1. The Bertz CT molecular complexity index is 1050. The van der Waals surface area contributed by atoms with Crippen molar-refractivity contribution in [1.29, 1.82) is 0 Å². The highest BCUT2D eigenvalue weighted by molar-refractivity contribution is 8.16. The summed E-state index contributed by atoms with van der Waals surface area (Å²) in [5.74, 6) is -3.25. The average molecular weight is 490 g/mol. The van der Waals surface area contributed by atoms with Gasteiger partial charge in [0.05, 0.1) is 24.2 Å². The monoisotopic (exact) mass is 489 g/mol. The van der Waals surface area contributed by atoms with Crippen LogP contribution in [0.4, 0.5) is 8.78 Å². The van der Waals surface area contributed by atoms with Crippen LogP contribution in [0.5, 0.6) is 0 Å². The fourth-order valence-electron chi connectivity index (χ4n) is 4.41. The van der Waals surface area contributed by atoms with Gasteiger partial charge < -0.3 is 15.0 Å². The number of nitrogens with zero attached hydrogens (tertiary/aromatic N) is 2. The lowest BCUT2D eigenvalue weighted by Crippen LogP contribution is -2.37. The van der Waals surface area contributed by atoms with Crippen LogP contribution in [-0.2, 0) is 20.2 Å². The van der Waals surface area contributed by atoms with E-state index in [1.165, 1.54) is 31.2 Å². The normalized spacial score (nSPS) is 26.5. The van der Waals surface area contributed by atoms with Gasteiger partial charge in [-0.15, -0.1) is 0 Å². The molecule has 2 aliphatic carbocycles. The predicted octanol–water partition coefficient (Wildman–Crippen LogP) is 4.69. The molecular formula is C25H29F2N3O3S. The number of hydrogen-bond donors (Lipinski definition) is 1. The van der Waals surface area contributed by atoms with Crippen molar-refractivity contribution in [2.24, 2.45) is 4.99 Å². The molecule has 0 aromatic heterocycles. The number of amidine groups is 1. The molecule has 1 saturated carbocycles.